The molecule has 0 saturated carbocycles. The van der Waals surface area contributed by atoms with E-state index in [9.17, 15) is 4.79 Å². The lowest BCUT2D eigenvalue weighted by Gasteiger charge is -2.05. The SMILES string of the molecule is COc1cc(/C=C/C(=O)NCc2nc(-c3ccncc3)no2)cc(OC)c1. The zero-order chi connectivity index (χ0) is 19.1. The first-order chi connectivity index (χ1) is 13.2. The summed E-state index contributed by atoms with van der Waals surface area (Å²) in [6.45, 7) is 0.128. The van der Waals surface area contributed by atoms with Crippen LogP contribution >= 0.6 is 0 Å². The summed E-state index contributed by atoms with van der Waals surface area (Å²) in [5.41, 5.74) is 1.57. The van der Waals surface area contributed by atoms with Crippen molar-refractivity contribution in [3.63, 3.8) is 0 Å². The smallest absolute Gasteiger partial charge is 0.246 e. The van der Waals surface area contributed by atoms with E-state index in [0.717, 1.165) is 11.1 Å². The van der Waals surface area contributed by atoms with Crippen molar-refractivity contribution >= 4 is 12.0 Å². The van der Waals surface area contributed by atoms with Crippen LogP contribution in [0.5, 0.6) is 11.5 Å². The Kier molecular flexibility index (Phi) is 5.78. The van der Waals surface area contributed by atoms with E-state index < -0.39 is 0 Å². The van der Waals surface area contributed by atoms with Crippen LogP contribution in [0, 0.1) is 0 Å². The molecule has 3 rings (SSSR count). The van der Waals surface area contributed by atoms with Gasteiger partial charge in [-0.25, -0.2) is 0 Å². The lowest BCUT2D eigenvalue weighted by Crippen LogP contribution is -2.20. The average molecular weight is 366 g/mol. The molecule has 0 bridgehead atoms. The maximum absolute atomic E-state index is 12.0. The Hall–Kier alpha value is -3.68. The monoisotopic (exact) mass is 366 g/mol. The van der Waals surface area contributed by atoms with Gasteiger partial charge in [0, 0.05) is 30.1 Å². The Bertz CT molecular complexity index is 916. The van der Waals surface area contributed by atoms with Crippen molar-refractivity contribution in [2.24, 2.45) is 0 Å². The fourth-order valence-electron chi connectivity index (χ4n) is 2.26. The third kappa shape index (κ3) is 4.91. The normalized spacial score (nSPS) is 10.7. The molecule has 0 aliphatic rings. The topological polar surface area (TPSA) is 99.4 Å². The molecule has 3 aromatic rings. The van der Waals surface area contributed by atoms with Crippen LogP contribution < -0.4 is 14.8 Å². The van der Waals surface area contributed by atoms with Gasteiger partial charge in [-0.05, 0) is 35.9 Å². The highest BCUT2D eigenvalue weighted by Crippen LogP contribution is 2.23. The van der Waals surface area contributed by atoms with E-state index in [1.54, 1.807) is 63.0 Å². The van der Waals surface area contributed by atoms with Crippen molar-refractivity contribution < 1.29 is 18.8 Å². The lowest BCUT2D eigenvalue weighted by atomic mass is 10.2. The van der Waals surface area contributed by atoms with Crippen LogP contribution in [0.2, 0.25) is 0 Å². The van der Waals surface area contributed by atoms with Crippen LogP contribution in [0.3, 0.4) is 0 Å². The van der Waals surface area contributed by atoms with Crippen LogP contribution in [-0.2, 0) is 11.3 Å². The Balaban J connectivity index is 1.59. The first-order valence-electron chi connectivity index (χ1n) is 8.10. The van der Waals surface area contributed by atoms with Gasteiger partial charge in [-0.2, -0.15) is 4.98 Å². The molecule has 0 saturated heterocycles. The molecule has 8 heteroatoms. The number of methoxy groups -OCH3 is 2. The predicted octanol–water partition coefficient (Wildman–Crippen LogP) is 2.48. The van der Waals surface area contributed by atoms with E-state index in [1.807, 2.05) is 0 Å². The van der Waals surface area contributed by atoms with Gasteiger partial charge in [0.1, 0.15) is 11.5 Å². The van der Waals surface area contributed by atoms with Gasteiger partial charge in [0.25, 0.3) is 0 Å². The number of rotatable bonds is 7. The summed E-state index contributed by atoms with van der Waals surface area (Å²) >= 11 is 0. The Morgan fingerprint density at radius 3 is 2.52 bits per heavy atom. The van der Waals surface area contributed by atoms with Crippen molar-refractivity contribution in [2.45, 2.75) is 6.54 Å². The molecule has 0 aliphatic carbocycles. The third-order valence-corrected chi connectivity index (χ3v) is 3.62. The van der Waals surface area contributed by atoms with Crippen molar-refractivity contribution in [1.82, 2.24) is 20.4 Å². The summed E-state index contributed by atoms with van der Waals surface area (Å²) in [5.74, 6) is 1.75. The van der Waals surface area contributed by atoms with Crippen LogP contribution in [0.4, 0.5) is 0 Å². The van der Waals surface area contributed by atoms with Crippen molar-refractivity contribution in [2.75, 3.05) is 14.2 Å². The molecule has 0 atom stereocenters. The Morgan fingerprint density at radius 1 is 1.15 bits per heavy atom. The molecule has 27 heavy (non-hydrogen) atoms. The molecule has 0 aliphatic heterocycles. The van der Waals surface area contributed by atoms with Crippen LogP contribution in [-0.4, -0.2) is 35.3 Å². The maximum Gasteiger partial charge on any atom is 0.246 e. The molecule has 1 amide bonds. The largest absolute Gasteiger partial charge is 0.497 e. The van der Waals surface area contributed by atoms with E-state index in [0.29, 0.717) is 23.2 Å². The van der Waals surface area contributed by atoms with E-state index >= 15 is 0 Å². The highest BCUT2D eigenvalue weighted by molar-refractivity contribution is 5.91. The van der Waals surface area contributed by atoms with Crippen LogP contribution in [0.1, 0.15) is 11.5 Å². The first kappa shape index (κ1) is 18.1. The number of nitrogens with one attached hydrogen (secondary N) is 1. The van der Waals surface area contributed by atoms with Crippen molar-refractivity contribution in [1.29, 1.82) is 0 Å². The molecule has 2 aromatic heterocycles. The predicted molar refractivity (Wildman–Crippen MR) is 98.0 cm³/mol. The second kappa shape index (κ2) is 8.61. The molecule has 2 heterocycles. The quantitative estimate of drug-likeness (QED) is 0.641. The summed E-state index contributed by atoms with van der Waals surface area (Å²) in [7, 11) is 3.14. The average Bonchev–Trinajstić information content (AvgIpc) is 3.20. The highest BCUT2D eigenvalue weighted by atomic mass is 16.5. The van der Waals surface area contributed by atoms with E-state index in [2.05, 4.69) is 20.4 Å². The Labute approximate surface area is 155 Å². The van der Waals surface area contributed by atoms with Gasteiger partial charge in [-0.3, -0.25) is 9.78 Å². The second-order valence-corrected chi connectivity index (χ2v) is 5.44. The summed E-state index contributed by atoms with van der Waals surface area (Å²) in [6.07, 6.45) is 6.36. The molecule has 1 aromatic carbocycles. The number of aromatic nitrogens is 3. The van der Waals surface area contributed by atoms with Gasteiger partial charge in [0.2, 0.25) is 17.6 Å². The molecule has 8 nitrogen and oxygen atoms in total. The second-order valence-electron chi connectivity index (χ2n) is 5.44. The van der Waals surface area contributed by atoms with E-state index in [-0.39, 0.29) is 12.5 Å². The molecule has 138 valence electrons. The van der Waals surface area contributed by atoms with Gasteiger partial charge < -0.3 is 19.3 Å². The molecular formula is C19H18N4O4. The number of benzene rings is 1. The minimum atomic E-state index is -0.291. The maximum atomic E-state index is 12.0. The van der Waals surface area contributed by atoms with Crippen molar-refractivity contribution in [3.05, 3.63) is 60.3 Å². The number of hydrogen-bond donors (Lipinski definition) is 1. The summed E-state index contributed by atoms with van der Waals surface area (Å²) in [6, 6.07) is 8.90. The number of ether oxygens (including phenoxy) is 2. The van der Waals surface area contributed by atoms with Gasteiger partial charge in [-0.15, -0.1) is 0 Å². The zero-order valence-corrected chi connectivity index (χ0v) is 14.9. The number of carbonyl (C=O) groups excluding carboxylic acids is 1. The van der Waals surface area contributed by atoms with Gasteiger partial charge >= 0.3 is 0 Å². The van der Waals surface area contributed by atoms with Crippen LogP contribution in [0.25, 0.3) is 17.5 Å². The number of nitrogens with zero attached hydrogens (tertiary/aromatic N) is 3. The first-order valence-corrected chi connectivity index (χ1v) is 8.10. The van der Waals surface area contributed by atoms with E-state index in [4.69, 9.17) is 14.0 Å². The lowest BCUT2D eigenvalue weighted by molar-refractivity contribution is -0.116. The molecule has 1 N–H and O–H groups in total. The van der Waals surface area contributed by atoms with Gasteiger partial charge in [0.15, 0.2) is 0 Å². The number of amides is 1. The zero-order valence-electron chi connectivity index (χ0n) is 14.9. The van der Waals surface area contributed by atoms with Crippen molar-refractivity contribution in [3.8, 4) is 22.9 Å². The fourth-order valence-corrected chi connectivity index (χ4v) is 2.26. The summed E-state index contributed by atoms with van der Waals surface area (Å²) in [5, 5.41) is 6.58. The number of pyridine rings is 1. The molecule has 0 spiro atoms. The summed E-state index contributed by atoms with van der Waals surface area (Å²) in [4.78, 5) is 20.2. The minimum Gasteiger partial charge on any atom is -0.497 e. The summed E-state index contributed by atoms with van der Waals surface area (Å²) < 4.78 is 15.5. The highest BCUT2D eigenvalue weighted by Gasteiger charge is 2.09. The Morgan fingerprint density at radius 2 is 1.85 bits per heavy atom. The molecule has 0 unspecified atom stereocenters. The fraction of sp³-hybridized carbons (Fsp3) is 0.158. The number of carbonyl (C=O) groups is 1. The van der Waals surface area contributed by atoms with Gasteiger partial charge in [0.05, 0.1) is 20.8 Å². The third-order valence-electron chi connectivity index (χ3n) is 3.62. The number of hydrogen-bond acceptors (Lipinski definition) is 7. The van der Waals surface area contributed by atoms with Gasteiger partial charge in [-0.1, -0.05) is 5.16 Å². The molecule has 0 fully saturated rings. The molecular weight excluding hydrogens is 348 g/mol. The van der Waals surface area contributed by atoms with Crippen LogP contribution in [0.15, 0.2) is 53.3 Å². The molecule has 0 radical (unpaired) electrons. The van der Waals surface area contributed by atoms with E-state index in [1.165, 1.54) is 6.08 Å². The standard InChI is InChI=1S/C19H18N4O4/c1-25-15-9-13(10-16(11-15)26-2)3-4-17(24)21-12-18-22-19(23-27-18)14-5-7-20-8-6-14/h3-11H,12H2,1-2H3,(H,21,24)/b4-3+. The minimum absolute atomic E-state index is 0.128.